The third-order valence-electron chi connectivity index (χ3n) is 3.41. The number of amides is 1. The van der Waals surface area contributed by atoms with E-state index in [4.69, 9.17) is 4.74 Å². The van der Waals surface area contributed by atoms with E-state index in [1.807, 2.05) is 31.2 Å². The molecule has 4 nitrogen and oxygen atoms in total. The number of hydrogen-bond acceptors (Lipinski definition) is 3. The number of halogens is 1. The number of rotatable bonds is 4. The van der Waals surface area contributed by atoms with Crippen molar-refractivity contribution in [1.82, 2.24) is 4.98 Å². The number of aryl methyl sites for hydroxylation is 1. The molecule has 1 heterocycles. The normalized spacial score (nSPS) is 10.2. The van der Waals surface area contributed by atoms with Gasteiger partial charge in [-0.1, -0.05) is 18.2 Å². The molecule has 3 aromatic rings. The second-order valence-corrected chi connectivity index (χ2v) is 5.21. The highest BCUT2D eigenvalue weighted by molar-refractivity contribution is 6.04. The van der Waals surface area contributed by atoms with Crippen molar-refractivity contribution >= 4 is 11.6 Å². The topological polar surface area (TPSA) is 51.2 Å². The fourth-order valence-electron chi connectivity index (χ4n) is 2.10. The minimum Gasteiger partial charge on any atom is -0.439 e. The van der Waals surface area contributed by atoms with Crippen LogP contribution in [0.3, 0.4) is 0 Å². The van der Waals surface area contributed by atoms with Gasteiger partial charge in [-0.3, -0.25) is 4.79 Å². The van der Waals surface area contributed by atoms with Gasteiger partial charge in [-0.2, -0.15) is 0 Å². The van der Waals surface area contributed by atoms with Crippen molar-refractivity contribution in [3.63, 3.8) is 0 Å². The third kappa shape index (κ3) is 3.76. The molecule has 0 fully saturated rings. The molecule has 0 saturated carbocycles. The highest BCUT2D eigenvalue weighted by Crippen LogP contribution is 2.23. The Morgan fingerprint density at radius 3 is 2.46 bits per heavy atom. The highest BCUT2D eigenvalue weighted by atomic mass is 19.1. The van der Waals surface area contributed by atoms with E-state index >= 15 is 0 Å². The maximum absolute atomic E-state index is 12.9. The molecule has 0 saturated heterocycles. The van der Waals surface area contributed by atoms with Crippen LogP contribution in [0.1, 0.15) is 15.9 Å². The molecule has 5 heteroatoms. The minimum atomic E-state index is -0.383. The first kappa shape index (κ1) is 15.7. The molecular weight excluding hydrogens is 307 g/mol. The van der Waals surface area contributed by atoms with E-state index < -0.39 is 0 Å². The zero-order valence-corrected chi connectivity index (χ0v) is 13.0. The largest absolute Gasteiger partial charge is 0.439 e. The average Bonchev–Trinajstić information content (AvgIpc) is 2.59. The molecule has 0 unspecified atom stereocenters. The van der Waals surface area contributed by atoms with Crippen molar-refractivity contribution in [2.45, 2.75) is 6.92 Å². The molecule has 120 valence electrons. The van der Waals surface area contributed by atoms with Crippen LogP contribution >= 0.6 is 0 Å². The van der Waals surface area contributed by atoms with Gasteiger partial charge in [0.25, 0.3) is 5.91 Å². The Morgan fingerprint density at radius 2 is 1.79 bits per heavy atom. The summed E-state index contributed by atoms with van der Waals surface area (Å²) >= 11 is 0. The van der Waals surface area contributed by atoms with Crippen molar-refractivity contribution in [2.24, 2.45) is 0 Å². The third-order valence-corrected chi connectivity index (χ3v) is 3.41. The number of carbonyl (C=O) groups excluding carboxylic acids is 1. The number of ether oxygens (including phenoxy) is 1. The highest BCUT2D eigenvalue weighted by Gasteiger charge is 2.07. The lowest BCUT2D eigenvalue weighted by Crippen LogP contribution is -2.11. The van der Waals surface area contributed by atoms with Crippen molar-refractivity contribution in [2.75, 3.05) is 5.32 Å². The van der Waals surface area contributed by atoms with Crippen LogP contribution in [0.5, 0.6) is 11.6 Å². The van der Waals surface area contributed by atoms with Gasteiger partial charge in [-0.15, -0.1) is 0 Å². The first-order chi connectivity index (χ1) is 11.6. The Balaban J connectivity index is 1.67. The molecule has 24 heavy (non-hydrogen) atoms. The van der Waals surface area contributed by atoms with Crippen LogP contribution < -0.4 is 10.1 Å². The van der Waals surface area contributed by atoms with E-state index in [1.165, 1.54) is 30.5 Å². The van der Waals surface area contributed by atoms with Crippen LogP contribution in [0.4, 0.5) is 10.1 Å². The molecule has 0 bridgehead atoms. The molecule has 0 aliphatic heterocycles. The molecule has 1 N–H and O–H groups in total. The summed E-state index contributed by atoms with van der Waals surface area (Å²) in [4.78, 5) is 16.2. The Bertz CT molecular complexity index is 846. The van der Waals surface area contributed by atoms with Gasteiger partial charge < -0.3 is 10.1 Å². The van der Waals surface area contributed by atoms with Crippen LogP contribution in [0, 0.1) is 12.7 Å². The van der Waals surface area contributed by atoms with E-state index in [9.17, 15) is 9.18 Å². The fourth-order valence-corrected chi connectivity index (χ4v) is 2.10. The lowest BCUT2D eigenvalue weighted by atomic mass is 10.2. The lowest BCUT2D eigenvalue weighted by molar-refractivity contribution is 0.102. The predicted octanol–water partition coefficient (Wildman–Crippen LogP) is 4.57. The number of para-hydroxylation sites is 1. The van der Waals surface area contributed by atoms with Gasteiger partial charge in [-0.25, -0.2) is 9.37 Å². The number of carbonyl (C=O) groups is 1. The zero-order chi connectivity index (χ0) is 16.9. The van der Waals surface area contributed by atoms with Gasteiger partial charge in [0.15, 0.2) is 0 Å². The summed E-state index contributed by atoms with van der Waals surface area (Å²) < 4.78 is 18.6. The van der Waals surface area contributed by atoms with Crippen molar-refractivity contribution in [3.05, 3.63) is 83.8 Å². The number of hydrogen-bond donors (Lipinski definition) is 1. The van der Waals surface area contributed by atoms with Gasteiger partial charge in [-0.05, 0) is 48.9 Å². The van der Waals surface area contributed by atoms with Gasteiger partial charge in [0.1, 0.15) is 11.6 Å². The lowest BCUT2D eigenvalue weighted by Gasteiger charge is -2.09. The SMILES string of the molecule is Cc1ccccc1Oc1ccc(NC(=O)c2ccc(F)cc2)cn1. The van der Waals surface area contributed by atoms with Crippen molar-refractivity contribution in [1.29, 1.82) is 0 Å². The quantitative estimate of drug-likeness (QED) is 0.765. The minimum absolute atomic E-state index is 0.329. The number of anilines is 1. The summed E-state index contributed by atoms with van der Waals surface area (Å²) in [5.41, 5.74) is 1.91. The average molecular weight is 322 g/mol. The number of pyridine rings is 1. The van der Waals surface area contributed by atoms with E-state index in [1.54, 1.807) is 12.1 Å². The first-order valence-electron chi connectivity index (χ1n) is 7.38. The molecule has 0 aliphatic rings. The van der Waals surface area contributed by atoms with Crippen molar-refractivity contribution < 1.29 is 13.9 Å². The van der Waals surface area contributed by atoms with Gasteiger partial charge in [0.05, 0.1) is 11.9 Å². The van der Waals surface area contributed by atoms with Gasteiger partial charge in [0, 0.05) is 11.6 Å². The molecule has 0 atom stereocenters. The van der Waals surface area contributed by atoms with E-state index in [0.29, 0.717) is 17.1 Å². The van der Waals surface area contributed by atoms with E-state index in [2.05, 4.69) is 10.3 Å². The summed E-state index contributed by atoms with van der Waals surface area (Å²) in [6.07, 6.45) is 1.51. The zero-order valence-electron chi connectivity index (χ0n) is 13.0. The monoisotopic (exact) mass is 322 g/mol. The summed E-state index contributed by atoms with van der Waals surface area (Å²) in [6.45, 7) is 1.95. The Labute approximate surface area is 138 Å². The molecule has 1 amide bonds. The van der Waals surface area contributed by atoms with Crippen LogP contribution in [0.25, 0.3) is 0 Å². The van der Waals surface area contributed by atoms with Gasteiger partial charge >= 0.3 is 0 Å². The molecule has 0 radical (unpaired) electrons. The van der Waals surface area contributed by atoms with E-state index in [-0.39, 0.29) is 11.7 Å². The molecular formula is C19H15FN2O2. The van der Waals surface area contributed by atoms with E-state index in [0.717, 1.165) is 11.3 Å². The standard InChI is InChI=1S/C19H15FN2O2/c1-13-4-2-3-5-17(13)24-18-11-10-16(12-21-18)22-19(23)14-6-8-15(20)9-7-14/h2-12H,1H3,(H,22,23). The van der Waals surface area contributed by atoms with Gasteiger partial charge in [0.2, 0.25) is 5.88 Å². The second-order valence-electron chi connectivity index (χ2n) is 5.21. The second kappa shape index (κ2) is 6.91. The number of benzene rings is 2. The Kier molecular flexibility index (Phi) is 4.52. The van der Waals surface area contributed by atoms with Crippen molar-refractivity contribution in [3.8, 4) is 11.6 Å². The van der Waals surface area contributed by atoms with Crippen LogP contribution in [-0.4, -0.2) is 10.9 Å². The summed E-state index contributed by atoms with van der Waals surface area (Å²) in [7, 11) is 0. The number of nitrogens with zero attached hydrogens (tertiary/aromatic N) is 1. The maximum atomic E-state index is 12.9. The molecule has 2 aromatic carbocycles. The smallest absolute Gasteiger partial charge is 0.255 e. The Morgan fingerprint density at radius 1 is 1.04 bits per heavy atom. The number of nitrogens with one attached hydrogen (secondary N) is 1. The van der Waals surface area contributed by atoms with Crippen LogP contribution in [0.2, 0.25) is 0 Å². The predicted molar refractivity (Wildman–Crippen MR) is 89.8 cm³/mol. The van der Waals surface area contributed by atoms with Crippen LogP contribution in [0.15, 0.2) is 66.9 Å². The maximum Gasteiger partial charge on any atom is 0.255 e. The number of aromatic nitrogens is 1. The summed E-state index contributed by atoms with van der Waals surface area (Å²) in [5.74, 6) is 0.451. The molecule has 0 aliphatic carbocycles. The molecule has 0 spiro atoms. The molecule has 1 aromatic heterocycles. The summed E-state index contributed by atoms with van der Waals surface area (Å²) in [6, 6.07) is 16.3. The Hall–Kier alpha value is -3.21. The first-order valence-corrected chi connectivity index (χ1v) is 7.38. The summed E-state index contributed by atoms with van der Waals surface area (Å²) in [5, 5.41) is 2.70. The fraction of sp³-hybridized carbons (Fsp3) is 0.0526. The molecule has 3 rings (SSSR count). The van der Waals surface area contributed by atoms with Crippen LogP contribution in [-0.2, 0) is 0 Å².